The molecule has 0 amide bonds. The van der Waals surface area contributed by atoms with Crippen molar-refractivity contribution in [2.24, 2.45) is 5.92 Å². The molecule has 1 aliphatic carbocycles. The molecule has 0 aromatic heterocycles. The molecule has 0 radical (unpaired) electrons. The van der Waals surface area contributed by atoms with Gasteiger partial charge in [0.25, 0.3) is 0 Å². The number of aliphatic hydroxyl groups is 2. The van der Waals surface area contributed by atoms with Gasteiger partial charge in [-0.1, -0.05) is 36.6 Å². The van der Waals surface area contributed by atoms with Gasteiger partial charge >= 0.3 is 0 Å². The lowest BCUT2D eigenvalue weighted by atomic mass is 9.86. The zero-order valence-corrected chi connectivity index (χ0v) is 11.8. The van der Waals surface area contributed by atoms with Crippen LogP contribution in [-0.2, 0) is 0 Å². The van der Waals surface area contributed by atoms with Crippen molar-refractivity contribution >= 4 is 11.6 Å². The van der Waals surface area contributed by atoms with Crippen molar-refractivity contribution in [1.82, 2.24) is 5.32 Å². The number of benzene rings is 1. The van der Waals surface area contributed by atoms with Crippen molar-refractivity contribution in [1.29, 1.82) is 0 Å². The fraction of sp³-hybridized carbons (Fsp3) is 0.600. The molecule has 0 aliphatic heterocycles. The van der Waals surface area contributed by atoms with Crippen LogP contribution >= 0.6 is 11.6 Å². The lowest BCUT2D eigenvalue weighted by Crippen LogP contribution is -2.35. The molecule has 2 rings (SSSR count). The number of halogens is 1. The highest BCUT2D eigenvalue weighted by Gasteiger charge is 2.22. The van der Waals surface area contributed by atoms with E-state index in [2.05, 4.69) is 5.32 Å². The van der Waals surface area contributed by atoms with E-state index >= 15 is 0 Å². The second-order valence-electron chi connectivity index (χ2n) is 5.34. The third kappa shape index (κ3) is 4.46. The predicted molar refractivity (Wildman–Crippen MR) is 77.2 cm³/mol. The van der Waals surface area contributed by atoms with E-state index in [-0.39, 0.29) is 6.10 Å². The first-order valence-corrected chi connectivity index (χ1v) is 7.37. The lowest BCUT2D eigenvalue weighted by Gasteiger charge is -2.28. The van der Waals surface area contributed by atoms with Crippen LogP contribution < -0.4 is 5.32 Å². The topological polar surface area (TPSA) is 52.5 Å². The molecule has 1 aliphatic rings. The SMILES string of the molecule is OC(CNCC1CCCCC1O)c1ccc(Cl)cc1. The van der Waals surface area contributed by atoms with Gasteiger partial charge < -0.3 is 15.5 Å². The van der Waals surface area contributed by atoms with Gasteiger partial charge in [0, 0.05) is 18.1 Å². The average Bonchev–Trinajstić information content (AvgIpc) is 2.41. The van der Waals surface area contributed by atoms with Crippen LogP contribution in [0.5, 0.6) is 0 Å². The monoisotopic (exact) mass is 283 g/mol. The summed E-state index contributed by atoms with van der Waals surface area (Å²) in [4.78, 5) is 0. The van der Waals surface area contributed by atoms with Crippen LogP contribution in [0.15, 0.2) is 24.3 Å². The predicted octanol–water partition coefficient (Wildman–Crippen LogP) is 2.51. The summed E-state index contributed by atoms with van der Waals surface area (Å²) in [6, 6.07) is 7.24. The maximum atomic E-state index is 10.0. The third-order valence-electron chi connectivity index (χ3n) is 3.87. The molecule has 1 aromatic carbocycles. The van der Waals surface area contributed by atoms with Gasteiger partial charge in [-0.3, -0.25) is 0 Å². The Morgan fingerprint density at radius 3 is 2.58 bits per heavy atom. The normalized spacial score (nSPS) is 25.2. The Hall–Kier alpha value is -0.610. The van der Waals surface area contributed by atoms with Crippen LogP contribution in [-0.4, -0.2) is 29.4 Å². The average molecular weight is 284 g/mol. The standard InChI is InChI=1S/C15H22ClNO2/c16-13-7-5-11(6-8-13)15(19)10-17-9-12-3-1-2-4-14(12)18/h5-8,12,14-15,17-19H,1-4,9-10H2. The second kappa shape index (κ2) is 7.25. The summed E-state index contributed by atoms with van der Waals surface area (Å²) in [5.74, 6) is 0.325. The Balaban J connectivity index is 1.74. The molecule has 3 nitrogen and oxygen atoms in total. The minimum absolute atomic E-state index is 0.186. The fourth-order valence-electron chi connectivity index (χ4n) is 2.63. The molecule has 1 aromatic rings. The molecule has 4 heteroatoms. The van der Waals surface area contributed by atoms with E-state index in [0.717, 1.165) is 31.4 Å². The quantitative estimate of drug-likeness (QED) is 0.778. The van der Waals surface area contributed by atoms with E-state index in [1.165, 1.54) is 6.42 Å². The fourth-order valence-corrected chi connectivity index (χ4v) is 2.76. The largest absolute Gasteiger partial charge is 0.393 e. The van der Waals surface area contributed by atoms with E-state index in [1.807, 2.05) is 12.1 Å². The van der Waals surface area contributed by atoms with Gasteiger partial charge in [0.05, 0.1) is 12.2 Å². The van der Waals surface area contributed by atoms with Gasteiger partial charge in [0.1, 0.15) is 0 Å². The molecule has 1 saturated carbocycles. The van der Waals surface area contributed by atoms with E-state index in [1.54, 1.807) is 12.1 Å². The van der Waals surface area contributed by atoms with Gasteiger partial charge in [-0.25, -0.2) is 0 Å². The Bertz CT molecular complexity index is 382. The zero-order chi connectivity index (χ0) is 13.7. The van der Waals surface area contributed by atoms with Gasteiger partial charge in [-0.05, 0) is 36.5 Å². The molecule has 19 heavy (non-hydrogen) atoms. The first-order valence-electron chi connectivity index (χ1n) is 6.99. The highest BCUT2D eigenvalue weighted by molar-refractivity contribution is 6.30. The van der Waals surface area contributed by atoms with Crippen molar-refractivity contribution in [3.8, 4) is 0 Å². The van der Waals surface area contributed by atoms with Gasteiger partial charge in [0.2, 0.25) is 0 Å². The first-order chi connectivity index (χ1) is 9.16. The maximum absolute atomic E-state index is 10.0. The van der Waals surface area contributed by atoms with Crippen LogP contribution in [0.25, 0.3) is 0 Å². The number of rotatable bonds is 5. The second-order valence-corrected chi connectivity index (χ2v) is 5.77. The van der Waals surface area contributed by atoms with Crippen LogP contribution in [0.3, 0.4) is 0 Å². The third-order valence-corrected chi connectivity index (χ3v) is 4.12. The minimum Gasteiger partial charge on any atom is -0.393 e. The Kier molecular flexibility index (Phi) is 5.64. The Morgan fingerprint density at radius 2 is 1.89 bits per heavy atom. The highest BCUT2D eigenvalue weighted by Crippen LogP contribution is 2.23. The maximum Gasteiger partial charge on any atom is 0.0914 e. The molecule has 0 bridgehead atoms. The van der Waals surface area contributed by atoms with E-state index < -0.39 is 6.10 Å². The summed E-state index contributed by atoms with van der Waals surface area (Å²) in [5, 5.41) is 23.8. The van der Waals surface area contributed by atoms with Crippen LogP contribution in [0.1, 0.15) is 37.4 Å². The highest BCUT2D eigenvalue weighted by atomic mass is 35.5. The van der Waals surface area contributed by atoms with Crippen LogP contribution in [0.4, 0.5) is 0 Å². The number of hydrogen-bond donors (Lipinski definition) is 3. The van der Waals surface area contributed by atoms with Crippen LogP contribution in [0.2, 0.25) is 5.02 Å². The van der Waals surface area contributed by atoms with Crippen molar-refractivity contribution < 1.29 is 10.2 Å². The molecule has 3 unspecified atom stereocenters. The van der Waals surface area contributed by atoms with Gasteiger partial charge in [0.15, 0.2) is 0 Å². The molecular formula is C15H22ClNO2. The summed E-state index contributed by atoms with van der Waals surface area (Å²) in [7, 11) is 0. The molecule has 3 N–H and O–H groups in total. The van der Waals surface area contributed by atoms with E-state index in [0.29, 0.717) is 17.5 Å². The Labute approximate surface area is 119 Å². The lowest BCUT2D eigenvalue weighted by molar-refractivity contribution is 0.0669. The van der Waals surface area contributed by atoms with Crippen molar-refractivity contribution in [2.45, 2.75) is 37.9 Å². The molecular weight excluding hydrogens is 262 g/mol. The van der Waals surface area contributed by atoms with E-state index in [9.17, 15) is 10.2 Å². The summed E-state index contributed by atoms with van der Waals surface area (Å²) < 4.78 is 0. The summed E-state index contributed by atoms with van der Waals surface area (Å²) in [6.45, 7) is 1.27. The number of aliphatic hydroxyl groups excluding tert-OH is 2. The summed E-state index contributed by atoms with van der Waals surface area (Å²) >= 11 is 5.81. The molecule has 3 atom stereocenters. The van der Waals surface area contributed by atoms with Gasteiger partial charge in [-0.15, -0.1) is 0 Å². The Morgan fingerprint density at radius 1 is 1.21 bits per heavy atom. The number of hydrogen-bond acceptors (Lipinski definition) is 3. The molecule has 106 valence electrons. The smallest absolute Gasteiger partial charge is 0.0914 e. The van der Waals surface area contributed by atoms with Gasteiger partial charge in [-0.2, -0.15) is 0 Å². The minimum atomic E-state index is -0.530. The molecule has 0 spiro atoms. The van der Waals surface area contributed by atoms with E-state index in [4.69, 9.17) is 11.6 Å². The summed E-state index contributed by atoms with van der Waals surface area (Å²) in [5.41, 5.74) is 0.862. The molecule has 1 fully saturated rings. The molecule has 0 saturated heterocycles. The molecule has 0 heterocycles. The van der Waals surface area contributed by atoms with Crippen molar-refractivity contribution in [2.75, 3.05) is 13.1 Å². The first kappa shape index (κ1) is 14.8. The van der Waals surface area contributed by atoms with Crippen LogP contribution in [0, 0.1) is 5.92 Å². The summed E-state index contributed by atoms with van der Waals surface area (Å²) in [6.07, 6.45) is 3.60. The van der Waals surface area contributed by atoms with Crippen molar-refractivity contribution in [3.63, 3.8) is 0 Å². The van der Waals surface area contributed by atoms with Crippen molar-refractivity contribution in [3.05, 3.63) is 34.9 Å². The zero-order valence-electron chi connectivity index (χ0n) is 11.1. The number of nitrogens with one attached hydrogen (secondary N) is 1.